The van der Waals surface area contributed by atoms with Crippen LogP contribution in [0.4, 0.5) is 23.7 Å². The van der Waals surface area contributed by atoms with E-state index in [1.54, 1.807) is 24.3 Å². The van der Waals surface area contributed by atoms with Crippen molar-refractivity contribution in [2.75, 3.05) is 31.6 Å². The number of nitrogens with zero attached hydrogens (tertiary/aromatic N) is 2. The first kappa shape index (κ1) is 20.5. The topological polar surface area (TPSA) is 43.8 Å². The molecule has 0 bridgehead atoms. The number of likely N-dealkylation sites (tertiary alicyclic amines) is 1. The summed E-state index contributed by atoms with van der Waals surface area (Å²) in [5.74, 6) is 0.166. The first-order chi connectivity index (χ1) is 13.1. The molecule has 2 aromatic rings. The lowest BCUT2D eigenvalue weighted by Gasteiger charge is -2.25. The summed E-state index contributed by atoms with van der Waals surface area (Å²) in [7, 11) is 1.98. The van der Waals surface area contributed by atoms with Gasteiger partial charge in [0.2, 0.25) is 0 Å². The molecule has 0 saturated carbocycles. The highest BCUT2D eigenvalue weighted by atomic mass is 35.5. The fraction of sp³-hybridized carbons (Fsp3) is 0.350. The minimum Gasteiger partial charge on any atom is -0.465 e. The van der Waals surface area contributed by atoms with Gasteiger partial charge < -0.3 is 10.0 Å². The molecule has 150 valence electrons. The van der Waals surface area contributed by atoms with Crippen molar-refractivity contribution >= 4 is 23.4 Å². The molecule has 1 fully saturated rings. The Hall–Kier alpha value is -2.25. The Balaban J connectivity index is 2.02. The Morgan fingerprint density at radius 1 is 1.29 bits per heavy atom. The number of alkyl halides is 3. The smallest absolute Gasteiger partial charge is 0.416 e. The Morgan fingerprint density at radius 2 is 2.00 bits per heavy atom. The van der Waals surface area contributed by atoms with Gasteiger partial charge in [-0.05, 0) is 55.8 Å². The molecule has 0 radical (unpaired) electrons. The lowest BCUT2D eigenvalue weighted by atomic mass is 9.99. The van der Waals surface area contributed by atoms with Crippen LogP contribution >= 0.6 is 11.6 Å². The van der Waals surface area contributed by atoms with Crippen LogP contribution in [0.3, 0.4) is 0 Å². The van der Waals surface area contributed by atoms with Crippen molar-refractivity contribution < 1.29 is 23.1 Å². The number of hydrogen-bond donors (Lipinski definition) is 1. The molecule has 1 aliphatic heterocycles. The minimum absolute atomic E-state index is 0.0566. The number of amides is 1. The first-order valence-corrected chi connectivity index (χ1v) is 9.19. The van der Waals surface area contributed by atoms with Gasteiger partial charge in [-0.25, -0.2) is 4.79 Å². The first-order valence-electron chi connectivity index (χ1n) is 8.81. The number of para-hydroxylation sites is 1. The molecule has 28 heavy (non-hydrogen) atoms. The van der Waals surface area contributed by atoms with Gasteiger partial charge in [0.15, 0.2) is 0 Å². The molecule has 0 aliphatic carbocycles. The third-order valence-corrected chi connectivity index (χ3v) is 5.11. The van der Waals surface area contributed by atoms with Crippen molar-refractivity contribution in [2.45, 2.75) is 12.6 Å². The number of carbonyl (C=O) groups is 1. The highest BCUT2D eigenvalue weighted by molar-refractivity contribution is 6.31. The average Bonchev–Trinajstić information content (AvgIpc) is 3.03. The molecular weight excluding hydrogens is 393 g/mol. The van der Waals surface area contributed by atoms with Crippen LogP contribution in [0.1, 0.15) is 12.0 Å². The Kier molecular flexibility index (Phi) is 5.86. The maximum atomic E-state index is 13.2. The second-order valence-electron chi connectivity index (χ2n) is 7.05. The predicted molar refractivity (Wildman–Crippen MR) is 103 cm³/mol. The number of rotatable bonds is 4. The van der Waals surface area contributed by atoms with E-state index >= 15 is 0 Å². The van der Waals surface area contributed by atoms with E-state index in [1.165, 1.54) is 11.0 Å². The van der Waals surface area contributed by atoms with E-state index in [9.17, 15) is 23.1 Å². The molecule has 4 nitrogen and oxygen atoms in total. The van der Waals surface area contributed by atoms with Crippen LogP contribution in [-0.4, -0.2) is 42.8 Å². The molecule has 0 unspecified atom stereocenters. The molecule has 0 aromatic heterocycles. The largest absolute Gasteiger partial charge is 0.465 e. The van der Waals surface area contributed by atoms with Gasteiger partial charge in [0, 0.05) is 23.7 Å². The number of carboxylic acid groups (broad SMARTS) is 1. The number of hydrogen-bond acceptors (Lipinski definition) is 2. The van der Waals surface area contributed by atoms with E-state index in [-0.39, 0.29) is 23.0 Å². The van der Waals surface area contributed by atoms with E-state index in [4.69, 9.17) is 11.6 Å². The highest BCUT2D eigenvalue weighted by Crippen LogP contribution is 2.38. The van der Waals surface area contributed by atoms with Gasteiger partial charge in [-0.15, -0.1) is 0 Å². The van der Waals surface area contributed by atoms with E-state index in [0.29, 0.717) is 11.3 Å². The van der Waals surface area contributed by atoms with Gasteiger partial charge >= 0.3 is 12.3 Å². The zero-order chi connectivity index (χ0) is 20.5. The fourth-order valence-corrected chi connectivity index (χ4v) is 3.81. The normalized spacial score (nSPS) is 17.7. The average molecular weight is 413 g/mol. The molecule has 0 spiro atoms. The molecule has 2 aromatic carbocycles. The number of halogens is 4. The van der Waals surface area contributed by atoms with Crippen molar-refractivity contribution in [3.8, 4) is 11.1 Å². The zero-order valence-electron chi connectivity index (χ0n) is 15.2. The second kappa shape index (κ2) is 8.01. The Bertz CT molecular complexity index is 873. The van der Waals surface area contributed by atoms with E-state index in [0.717, 1.165) is 31.6 Å². The molecule has 1 saturated heterocycles. The van der Waals surface area contributed by atoms with Gasteiger partial charge in [0.25, 0.3) is 0 Å². The van der Waals surface area contributed by atoms with Crippen LogP contribution in [0, 0.1) is 5.92 Å². The molecule has 1 amide bonds. The lowest BCUT2D eigenvalue weighted by molar-refractivity contribution is -0.137. The Labute approximate surface area is 166 Å². The summed E-state index contributed by atoms with van der Waals surface area (Å²) in [5, 5.41) is 9.71. The van der Waals surface area contributed by atoms with Crippen molar-refractivity contribution in [3.63, 3.8) is 0 Å². The standard InChI is InChI=1S/C20H20ClF3N2O2/c1-25-7-6-13(11-25)12-26(19(27)28)18-5-3-2-4-17(18)14-8-15(20(22,23)24)10-16(21)9-14/h2-5,8-10,13H,6-7,11-12H2,1H3,(H,27,28)/t13-/m1/s1. The SMILES string of the molecule is CN1CC[C@@H](CN(C(=O)O)c2ccccc2-c2cc(Cl)cc(C(F)(F)F)c2)C1. The molecule has 1 heterocycles. The fourth-order valence-electron chi connectivity index (χ4n) is 3.57. The summed E-state index contributed by atoms with van der Waals surface area (Å²) < 4.78 is 39.6. The summed E-state index contributed by atoms with van der Waals surface area (Å²) in [6.45, 7) is 1.95. The predicted octanol–water partition coefficient (Wildman–Crippen LogP) is 5.46. The van der Waals surface area contributed by atoms with Crippen molar-refractivity contribution in [3.05, 3.63) is 53.1 Å². The maximum Gasteiger partial charge on any atom is 0.416 e. The van der Waals surface area contributed by atoms with E-state index < -0.39 is 17.8 Å². The van der Waals surface area contributed by atoms with Crippen molar-refractivity contribution in [1.82, 2.24) is 4.90 Å². The second-order valence-corrected chi connectivity index (χ2v) is 7.49. The van der Waals surface area contributed by atoms with Gasteiger partial charge in [0.05, 0.1) is 11.3 Å². The van der Waals surface area contributed by atoms with Gasteiger partial charge in [-0.1, -0.05) is 29.8 Å². The molecule has 8 heteroatoms. The van der Waals surface area contributed by atoms with Crippen LogP contribution in [0.25, 0.3) is 11.1 Å². The quantitative estimate of drug-likeness (QED) is 0.725. The van der Waals surface area contributed by atoms with E-state index in [2.05, 4.69) is 4.90 Å². The summed E-state index contributed by atoms with van der Waals surface area (Å²) >= 11 is 5.92. The molecule has 1 atom stereocenters. The molecule has 1 aliphatic rings. The number of anilines is 1. The van der Waals surface area contributed by atoms with Crippen LogP contribution in [-0.2, 0) is 6.18 Å². The molecule has 1 N–H and O–H groups in total. The van der Waals surface area contributed by atoms with E-state index in [1.807, 2.05) is 7.05 Å². The van der Waals surface area contributed by atoms with Gasteiger partial charge in [-0.3, -0.25) is 4.90 Å². The minimum atomic E-state index is -4.55. The highest BCUT2D eigenvalue weighted by Gasteiger charge is 2.32. The third-order valence-electron chi connectivity index (χ3n) is 4.89. The van der Waals surface area contributed by atoms with Crippen LogP contribution < -0.4 is 4.90 Å². The molecular formula is C20H20ClF3N2O2. The lowest BCUT2D eigenvalue weighted by Crippen LogP contribution is -2.35. The van der Waals surface area contributed by atoms with Gasteiger partial charge in [-0.2, -0.15) is 13.2 Å². The monoisotopic (exact) mass is 412 g/mol. The van der Waals surface area contributed by atoms with Crippen LogP contribution in [0.15, 0.2) is 42.5 Å². The van der Waals surface area contributed by atoms with Crippen molar-refractivity contribution in [1.29, 1.82) is 0 Å². The zero-order valence-corrected chi connectivity index (χ0v) is 16.0. The molecule has 3 rings (SSSR count). The maximum absolute atomic E-state index is 13.2. The summed E-state index contributed by atoms with van der Waals surface area (Å²) in [6.07, 6.45) is -4.81. The van der Waals surface area contributed by atoms with Crippen LogP contribution in [0.5, 0.6) is 0 Å². The van der Waals surface area contributed by atoms with Gasteiger partial charge in [0.1, 0.15) is 0 Å². The third kappa shape index (κ3) is 4.59. The summed E-state index contributed by atoms with van der Waals surface area (Å²) in [6, 6.07) is 9.82. The Morgan fingerprint density at radius 3 is 2.61 bits per heavy atom. The van der Waals surface area contributed by atoms with Crippen molar-refractivity contribution in [2.24, 2.45) is 5.92 Å². The number of benzene rings is 2. The summed E-state index contributed by atoms with van der Waals surface area (Å²) in [5.41, 5.74) is 0.0958. The summed E-state index contributed by atoms with van der Waals surface area (Å²) in [4.78, 5) is 15.3. The van der Waals surface area contributed by atoms with Crippen LogP contribution in [0.2, 0.25) is 5.02 Å².